The average molecular weight is 331 g/mol. The number of hydroxylamine groups is 1. The molecule has 0 saturated heterocycles. The predicted octanol–water partition coefficient (Wildman–Crippen LogP) is 1.32. The van der Waals surface area contributed by atoms with Crippen molar-refractivity contribution in [1.29, 1.82) is 0 Å². The Morgan fingerprint density at radius 3 is 2.55 bits per heavy atom. The number of nitrogens with one attached hydrogen (secondary N) is 1. The van der Waals surface area contributed by atoms with E-state index in [2.05, 4.69) is 22.0 Å². The van der Waals surface area contributed by atoms with Crippen LogP contribution in [-0.2, 0) is 11.3 Å². The van der Waals surface area contributed by atoms with E-state index in [4.69, 9.17) is 5.21 Å². The van der Waals surface area contributed by atoms with Gasteiger partial charge in [-0.1, -0.05) is 33.5 Å². The van der Waals surface area contributed by atoms with Crippen LogP contribution in [0.2, 0.25) is 0 Å². The summed E-state index contributed by atoms with van der Waals surface area (Å²) in [6, 6.07) is 12.1. The predicted molar refractivity (Wildman–Crippen MR) is 85.3 cm³/mol. The van der Waals surface area contributed by atoms with E-state index < -0.39 is 5.91 Å². The van der Waals surface area contributed by atoms with Crippen LogP contribution >= 0.6 is 15.9 Å². The first-order valence-corrected chi connectivity index (χ1v) is 7.00. The lowest BCUT2D eigenvalue weighted by Gasteiger charge is -2.05. The molecule has 0 bridgehead atoms. The maximum absolute atomic E-state index is 11.5. The molecule has 1 aromatic heterocycles. The zero-order valence-electron chi connectivity index (χ0n) is 10.9. The number of rotatable bonds is 2. The Bertz CT molecular complexity index is 770. The van der Waals surface area contributed by atoms with Gasteiger partial charge in [-0.3, -0.25) is 10.0 Å². The van der Waals surface area contributed by atoms with E-state index in [1.54, 1.807) is 5.48 Å². The smallest absolute Gasteiger partial charge is 0.263 e. The van der Waals surface area contributed by atoms with Crippen molar-refractivity contribution in [2.45, 2.75) is 6.54 Å². The lowest BCUT2D eigenvalue weighted by atomic mass is 9.94. The van der Waals surface area contributed by atoms with Crippen LogP contribution in [-0.4, -0.2) is 23.5 Å². The molecule has 0 spiro atoms. The molecular weight excluding hydrogens is 319 g/mol. The Hall–Kier alpha value is -1.79. The average Bonchev–Trinajstić information content (AvgIpc) is 2.72. The van der Waals surface area contributed by atoms with E-state index in [0.717, 1.165) is 26.3 Å². The summed E-state index contributed by atoms with van der Waals surface area (Å²) in [5.74, 6) is -0.438. The molecule has 100 valence electrons. The van der Waals surface area contributed by atoms with Crippen LogP contribution < -0.4 is 10.9 Å². The molecule has 1 heterocycles. The Morgan fingerprint density at radius 2 is 1.85 bits per heavy atom. The zero-order valence-corrected chi connectivity index (χ0v) is 12.4. The van der Waals surface area contributed by atoms with Crippen molar-refractivity contribution in [2.75, 3.05) is 0 Å². The van der Waals surface area contributed by atoms with Crippen molar-refractivity contribution in [3.63, 3.8) is 0 Å². The number of carbonyl (C=O) groups excluding carboxylic acids is 1. The maximum Gasteiger partial charge on any atom is 0.263 e. The molecule has 0 fully saturated rings. The van der Waals surface area contributed by atoms with Crippen LogP contribution in [0.3, 0.4) is 0 Å². The standard InChI is InChI=1S/C14H12BBrN2O2/c15-8-1-3-12-10(5-8)11-6-9(16)2-4-13(11)18(12)7-14(19)17-20/h1-6,20H,7,15H2,(H,17,19). The minimum atomic E-state index is -0.438. The van der Waals surface area contributed by atoms with Gasteiger partial charge in [0.05, 0.1) is 0 Å². The molecule has 4 nitrogen and oxygen atoms in total. The topological polar surface area (TPSA) is 54.3 Å². The summed E-state index contributed by atoms with van der Waals surface area (Å²) >= 11 is 3.48. The van der Waals surface area contributed by atoms with Gasteiger partial charge in [0.25, 0.3) is 5.91 Å². The first kappa shape index (κ1) is 13.2. The highest BCUT2D eigenvalue weighted by molar-refractivity contribution is 9.10. The van der Waals surface area contributed by atoms with E-state index in [-0.39, 0.29) is 6.54 Å². The van der Waals surface area contributed by atoms with Crippen molar-refractivity contribution < 1.29 is 10.0 Å². The minimum Gasteiger partial charge on any atom is -0.331 e. The van der Waals surface area contributed by atoms with Gasteiger partial charge in [0.15, 0.2) is 0 Å². The number of fused-ring (bicyclic) bond motifs is 3. The van der Waals surface area contributed by atoms with Crippen LogP contribution in [0.25, 0.3) is 21.8 Å². The summed E-state index contributed by atoms with van der Waals surface area (Å²) in [4.78, 5) is 11.5. The first-order chi connectivity index (χ1) is 9.60. The fourth-order valence-electron chi connectivity index (χ4n) is 2.54. The number of halogens is 1. The number of amides is 1. The second-order valence-electron chi connectivity index (χ2n) is 4.80. The summed E-state index contributed by atoms with van der Waals surface area (Å²) in [7, 11) is 2.04. The van der Waals surface area contributed by atoms with Crippen molar-refractivity contribution in [3.05, 3.63) is 40.9 Å². The van der Waals surface area contributed by atoms with E-state index >= 15 is 0 Å². The Labute approximate surface area is 124 Å². The van der Waals surface area contributed by atoms with E-state index in [1.807, 2.05) is 42.7 Å². The fourth-order valence-corrected chi connectivity index (χ4v) is 2.90. The van der Waals surface area contributed by atoms with E-state index in [9.17, 15) is 4.79 Å². The second kappa shape index (κ2) is 4.96. The monoisotopic (exact) mass is 330 g/mol. The SMILES string of the molecule is Bc1ccc2c(c1)c1cc(Br)ccc1n2CC(=O)NO. The number of benzene rings is 2. The van der Waals surface area contributed by atoms with Crippen molar-refractivity contribution >= 4 is 57.0 Å². The van der Waals surface area contributed by atoms with Gasteiger partial charge in [0.2, 0.25) is 0 Å². The molecule has 0 saturated carbocycles. The lowest BCUT2D eigenvalue weighted by molar-refractivity contribution is -0.129. The van der Waals surface area contributed by atoms with Gasteiger partial charge in [0.1, 0.15) is 14.4 Å². The third-order valence-electron chi connectivity index (χ3n) is 3.41. The van der Waals surface area contributed by atoms with Crippen molar-refractivity contribution in [1.82, 2.24) is 10.0 Å². The Balaban J connectivity index is 2.37. The summed E-state index contributed by atoms with van der Waals surface area (Å²) < 4.78 is 2.90. The quantitative estimate of drug-likeness (QED) is 0.423. The van der Waals surface area contributed by atoms with E-state index in [0.29, 0.717) is 0 Å². The number of hydrogen-bond donors (Lipinski definition) is 2. The van der Waals surface area contributed by atoms with Crippen LogP contribution in [0, 0.1) is 0 Å². The van der Waals surface area contributed by atoms with Gasteiger partial charge in [-0.2, -0.15) is 0 Å². The number of hydrogen-bond acceptors (Lipinski definition) is 2. The number of nitrogens with zero attached hydrogens (tertiary/aromatic N) is 1. The maximum atomic E-state index is 11.5. The molecular formula is C14H12BBrN2O2. The summed E-state index contributed by atoms with van der Waals surface area (Å²) in [6.45, 7) is 0.0845. The number of carbonyl (C=O) groups is 1. The van der Waals surface area contributed by atoms with Crippen LogP contribution in [0.5, 0.6) is 0 Å². The van der Waals surface area contributed by atoms with Crippen LogP contribution in [0.4, 0.5) is 0 Å². The normalized spacial score (nSPS) is 11.1. The molecule has 0 aliphatic carbocycles. The Kier molecular flexibility index (Phi) is 3.27. The van der Waals surface area contributed by atoms with Crippen molar-refractivity contribution in [3.8, 4) is 0 Å². The molecule has 1 amide bonds. The van der Waals surface area contributed by atoms with Gasteiger partial charge < -0.3 is 4.57 Å². The Morgan fingerprint density at radius 1 is 1.20 bits per heavy atom. The summed E-state index contributed by atoms with van der Waals surface area (Å²) in [5, 5.41) is 10.9. The third-order valence-corrected chi connectivity index (χ3v) is 3.90. The molecule has 3 rings (SSSR count). The molecule has 3 aromatic rings. The summed E-state index contributed by atoms with van der Waals surface area (Å²) in [5.41, 5.74) is 4.80. The highest BCUT2D eigenvalue weighted by Crippen LogP contribution is 2.30. The molecule has 0 aliphatic heterocycles. The molecule has 0 atom stereocenters. The second-order valence-corrected chi connectivity index (χ2v) is 5.72. The highest BCUT2D eigenvalue weighted by atomic mass is 79.9. The first-order valence-electron chi connectivity index (χ1n) is 6.21. The summed E-state index contributed by atoms with van der Waals surface area (Å²) in [6.07, 6.45) is 0. The molecule has 0 radical (unpaired) electrons. The van der Waals surface area contributed by atoms with Crippen molar-refractivity contribution in [2.24, 2.45) is 0 Å². The minimum absolute atomic E-state index is 0.0845. The molecule has 6 heteroatoms. The van der Waals surface area contributed by atoms with Gasteiger partial charge in [-0.15, -0.1) is 0 Å². The molecule has 2 N–H and O–H groups in total. The fraction of sp³-hybridized carbons (Fsp3) is 0.0714. The largest absolute Gasteiger partial charge is 0.331 e. The van der Waals surface area contributed by atoms with Gasteiger partial charge >= 0.3 is 0 Å². The third kappa shape index (κ3) is 2.11. The van der Waals surface area contributed by atoms with E-state index in [1.165, 1.54) is 5.46 Å². The van der Waals surface area contributed by atoms with Gasteiger partial charge in [-0.25, -0.2) is 5.48 Å². The lowest BCUT2D eigenvalue weighted by Crippen LogP contribution is -2.23. The molecule has 0 unspecified atom stereocenters. The zero-order chi connectivity index (χ0) is 14.3. The molecule has 20 heavy (non-hydrogen) atoms. The number of aromatic nitrogens is 1. The molecule has 2 aromatic carbocycles. The molecule has 0 aliphatic rings. The van der Waals surface area contributed by atoms with Crippen LogP contribution in [0.15, 0.2) is 40.9 Å². The van der Waals surface area contributed by atoms with Gasteiger partial charge in [-0.05, 0) is 24.3 Å². The van der Waals surface area contributed by atoms with Gasteiger partial charge in [0, 0.05) is 26.3 Å². The highest BCUT2D eigenvalue weighted by Gasteiger charge is 2.13. The van der Waals surface area contributed by atoms with Crippen LogP contribution in [0.1, 0.15) is 0 Å².